The summed E-state index contributed by atoms with van der Waals surface area (Å²) >= 11 is 0. The van der Waals surface area contributed by atoms with Crippen LogP contribution in [0.2, 0.25) is 0 Å². The second kappa shape index (κ2) is 14.0. The average molecular weight is 386 g/mol. The lowest BCUT2D eigenvalue weighted by Gasteiger charge is -2.22. The van der Waals surface area contributed by atoms with Gasteiger partial charge in [-0.2, -0.15) is 0 Å². The van der Waals surface area contributed by atoms with E-state index in [0.717, 1.165) is 32.1 Å². The van der Waals surface area contributed by atoms with Gasteiger partial charge in [0.2, 0.25) is 17.7 Å². The summed E-state index contributed by atoms with van der Waals surface area (Å²) in [5.74, 6) is -2.08. The molecule has 3 amide bonds. The standard InChI is InChI=1S/C19H35N3O5/c1-5-6-7-8-9-10-17(24)21-14(12-16(20)23)18(25)22-15(11-13(2)3)19(26)27-4/h13-15H,5-12H2,1-4H3,(H2,20,23)(H,21,24)(H,22,25). The van der Waals surface area contributed by atoms with Crippen LogP contribution >= 0.6 is 0 Å². The number of carbonyl (C=O) groups is 4. The van der Waals surface area contributed by atoms with Crippen LogP contribution in [0.25, 0.3) is 0 Å². The maximum Gasteiger partial charge on any atom is 0.328 e. The highest BCUT2D eigenvalue weighted by molar-refractivity contribution is 5.93. The molecule has 0 aliphatic heterocycles. The predicted octanol–water partition coefficient (Wildman–Crippen LogP) is 1.41. The number of ether oxygens (including phenoxy) is 1. The Hall–Kier alpha value is -2.12. The van der Waals surface area contributed by atoms with Gasteiger partial charge in [0.15, 0.2) is 0 Å². The molecule has 0 heterocycles. The summed E-state index contributed by atoms with van der Waals surface area (Å²) in [6.45, 7) is 5.92. The zero-order valence-electron chi connectivity index (χ0n) is 17.0. The minimum absolute atomic E-state index is 0.140. The van der Waals surface area contributed by atoms with Crippen LogP contribution in [0.15, 0.2) is 0 Å². The van der Waals surface area contributed by atoms with Gasteiger partial charge in [0, 0.05) is 6.42 Å². The number of methoxy groups -OCH3 is 1. The lowest BCUT2D eigenvalue weighted by atomic mass is 10.0. The molecular weight excluding hydrogens is 350 g/mol. The van der Waals surface area contributed by atoms with E-state index in [1.54, 1.807) is 0 Å². The first-order chi connectivity index (χ1) is 12.7. The van der Waals surface area contributed by atoms with Crippen LogP contribution < -0.4 is 16.4 Å². The van der Waals surface area contributed by atoms with Gasteiger partial charge >= 0.3 is 5.97 Å². The Morgan fingerprint density at radius 1 is 0.963 bits per heavy atom. The minimum Gasteiger partial charge on any atom is -0.467 e. The first kappa shape index (κ1) is 24.9. The van der Waals surface area contributed by atoms with Crippen LogP contribution in [0.4, 0.5) is 0 Å². The van der Waals surface area contributed by atoms with Crippen molar-refractivity contribution in [3.63, 3.8) is 0 Å². The van der Waals surface area contributed by atoms with Gasteiger partial charge in [0.25, 0.3) is 0 Å². The minimum atomic E-state index is -1.11. The van der Waals surface area contributed by atoms with E-state index >= 15 is 0 Å². The SMILES string of the molecule is CCCCCCCC(=O)NC(CC(N)=O)C(=O)NC(CC(C)C)C(=O)OC. The van der Waals surface area contributed by atoms with Crippen LogP contribution in [-0.2, 0) is 23.9 Å². The normalized spacial score (nSPS) is 12.9. The highest BCUT2D eigenvalue weighted by atomic mass is 16.5. The van der Waals surface area contributed by atoms with Crippen LogP contribution in [-0.4, -0.2) is 42.9 Å². The third-order valence-corrected chi connectivity index (χ3v) is 4.07. The smallest absolute Gasteiger partial charge is 0.328 e. The summed E-state index contributed by atoms with van der Waals surface area (Å²) in [6, 6.07) is -1.95. The van der Waals surface area contributed by atoms with Crippen molar-refractivity contribution in [1.82, 2.24) is 10.6 Å². The maximum absolute atomic E-state index is 12.5. The number of esters is 1. The predicted molar refractivity (Wildman–Crippen MR) is 103 cm³/mol. The van der Waals surface area contributed by atoms with E-state index in [9.17, 15) is 19.2 Å². The van der Waals surface area contributed by atoms with Crippen LogP contribution in [0.1, 0.15) is 72.1 Å². The van der Waals surface area contributed by atoms with Crippen molar-refractivity contribution in [2.75, 3.05) is 7.11 Å². The lowest BCUT2D eigenvalue weighted by molar-refractivity contribution is -0.146. The number of carbonyl (C=O) groups excluding carboxylic acids is 4. The molecule has 2 unspecified atom stereocenters. The molecule has 0 spiro atoms. The van der Waals surface area contributed by atoms with Crippen LogP contribution in [0.5, 0.6) is 0 Å². The molecule has 4 N–H and O–H groups in total. The van der Waals surface area contributed by atoms with Gasteiger partial charge in [-0.1, -0.05) is 46.5 Å². The number of amides is 3. The number of primary amides is 1. The molecule has 2 atom stereocenters. The Balaban J connectivity index is 4.79. The summed E-state index contributed by atoms with van der Waals surface area (Å²) in [4.78, 5) is 47.7. The molecule has 8 nitrogen and oxygen atoms in total. The van der Waals surface area contributed by atoms with E-state index in [-0.39, 0.29) is 24.7 Å². The topological polar surface area (TPSA) is 128 Å². The van der Waals surface area contributed by atoms with E-state index in [1.165, 1.54) is 7.11 Å². The molecule has 8 heteroatoms. The molecule has 0 aromatic carbocycles. The van der Waals surface area contributed by atoms with E-state index in [0.29, 0.717) is 6.42 Å². The fraction of sp³-hybridized carbons (Fsp3) is 0.789. The number of unbranched alkanes of at least 4 members (excludes halogenated alkanes) is 4. The molecule has 156 valence electrons. The average Bonchev–Trinajstić information content (AvgIpc) is 2.58. The van der Waals surface area contributed by atoms with Gasteiger partial charge in [0.1, 0.15) is 12.1 Å². The van der Waals surface area contributed by atoms with Crippen molar-refractivity contribution in [1.29, 1.82) is 0 Å². The first-order valence-corrected chi connectivity index (χ1v) is 9.67. The van der Waals surface area contributed by atoms with E-state index in [1.807, 2.05) is 13.8 Å². The second-order valence-corrected chi connectivity index (χ2v) is 7.17. The number of hydrogen-bond acceptors (Lipinski definition) is 5. The lowest BCUT2D eigenvalue weighted by Crippen LogP contribution is -2.53. The van der Waals surface area contributed by atoms with Crippen molar-refractivity contribution in [2.45, 2.75) is 84.2 Å². The monoisotopic (exact) mass is 385 g/mol. The van der Waals surface area contributed by atoms with Crippen molar-refractivity contribution in [3.05, 3.63) is 0 Å². The molecule has 0 bridgehead atoms. The van der Waals surface area contributed by atoms with Gasteiger partial charge in [-0.3, -0.25) is 14.4 Å². The zero-order valence-corrected chi connectivity index (χ0v) is 17.0. The maximum atomic E-state index is 12.5. The van der Waals surface area contributed by atoms with Crippen LogP contribution in [0, 0.1) is 5.92 Å². The van der Waals surface area contributed by atoms with Gasteiger partial charge < -0.3 is 21.1 Å². The Kier molecular flexibility index (Phi) is 12.9. The van der Waals surface area contributed by atoms with Crippen molar-refractivity contribution in [3.8, 4) is 0 Å². The van der Waals surface area contributed by atoms with Crippen molar-refractivity contribution in [2.24, 2.45) is 11.7 Å². The zero-order chi connectivity index (χ0) is 20.8. The van der Waals surface area contributed by atoms with Gasteiger partial charge in [-0.25, -0.2) is 4.79 Å². The Bertz CT molecular complexity index is 494. The van der Waals surface area contributed by atoms with Crippen molar-refractivity contribution < 1.29 is 23.9 Å². The Labute approximate surface area is 162 Å². The molecule has 0 aromatic rings. The molecule has 0 aromatic heterocycles. The summed E-state index contributed by atoms with van der Waals surface area (Å²) < 4.78 is 4.71. The molecule has 0 aliphatic carbocycles. The third-order valence-electron chi connectivity index (χ3n) is 4.07. The number of nitrogens with one attached hydrogen (secondary N) is 2. The second-order valence-electron chi connectivity index (χ2n) is 7.17. The van der Waals surface area contributed by atoms with Crippen molar-refractivity contribution >= 4 is 23.7 Å². The van der Waals surface area contributed by atoms with Gasteiger partial charge in [-0.05, 0) is 18.8 Å². The fourth-order valence-electron chi connectivity index (χ4n) is 2.67. The molecule has 0 fully saturated rings. The number of rotatable bonds is 14. The summed E-state index contributed by atoms with van der Waals surface area (Å²) in [5.41, 5.74) is 5.20. The summed E-state index contributed by atoms with van der Waals surface area (Å²) in [7, 11) is 1.24. The molecule has 0 saturated heterocycles. The Morgan fingerprint density at radius 2 is 1.59 bits per heavy atom. The highest BCUT2D eigenvalue weighted by Crippen LogP contribution is 2.08. The molecule has 0 radical (unpaired) electrons. The Morgan fingerprint density at radius 3 is 2.11 bits per heavy atom. The van der Waals surface area contributed by atoms with Gasteiger partial charge in [0.05, 0.1) is 13.5 Å². The molecular formula is C19H35N3O5. The van der Waals surface area contributed by atoms with Gasteiger partial charge in [-0.15, -0.1) is 0 Å². The van der Waals surface area contributed by atoms with Crippen LogP contribution in [0.3, 0.4) is 0 Å². The van der Waals surface area contributed by atoms with E-state index < -0.39 is 29.9 Å². The molecule has 0 rings (SSSR count). The molecule has 27 heavy (non-hydrogen) atoms. The molecule has 0 saturated carbocycles. The third kappa shape index (κ3) is 12.0. The largest absolute Gasteiger partial charge is 0.467 e. The summed E-state index contributed by atoms with van der Waals surface area (Å²) in [5, 5.41) is 5.11. The highest BCUT2D eigenvalue weighted by Gasteiger charge is 2.28. The fourth-order valence-corrected chi connectivity index (χ4v) is 2.67. The number of hydrogen-bond donors (Lipinski definition) is 3. The summed E-state index contributed by atoms with van der Waals surface area (Å²) in [6.07, 6.45) is 5.28. The molecule has 0 aliphatic rings. The van der Waals surface area contributed by atoms with E-state index in [2.05, 4.69) is 17.6 Å². The van der Waals surface area contributed by atoms with E-state index in [4.69, 9.17) is 10.5 Å². The first-order valence-electron chi connectivity index (χ1n) is 9.67. The quantitative estimate of drug-likeness (QED) is 0.308. The number of nitrogens with two attached hydrogens (primary N) is 1.